The second kappa shape index (κ2) is 8.08. The average molecular weight is 381 g/mol. The van der Waals surface area contributed by atoms with Crippen LogP contribution in [0.25, 0.3) is 11.1 Å². The lowest BCUT2D eigenvalue weighted by Crippen LogP contribution is -2.06. The van der Waals surface area contributed by atoms with Gasteiger partial charge < -0.3 is 4.57 Å². The van der Waals surface area contributed by atoms with Crippen molar-refractivity contribution in [3.8, 4) is 11.1 Å². The molecule has 0 unspecified atom stereocenters. The van der Waals surface area contributed by atoms with Gasteiger partial charge in [0.25, 0.3) is 0 Å². The summed E-state index contributed by atoms with van der Waals surface area (Å²) in [5, 5.41) is 0. The second-order valence-electron chi connectivity index (χ2n) is 8.08. The first kappa shape index (κ1) is 19.2. The van der Waals surface area contributed by atoms with Gasteiger partial charge in [-0.05, 0) is 55.5 Å². The Kier molecular flexibility index (Phi) is 5.35. The molecule has 0 amide bonds. The van der Waals surface area contributed by atoms with E-state index in [1.54, 1.807) is 0 Å². The molecule has 1 heterocycles. The monoisotopic (exact) mass is 380 g/mol. The summed E-state index contributed by atoms with van der Waals surface area (Å²) in [5.41, 5.74) is 11.5. The Labute approximate surface area is 173 Å². The molecule has 3 aromatic carbocycles. The highest BCUT2D eigenvalue weighted by molar-refractivity contribution is 5.65. The van der Waals surface area contributed by atoms with Crippen molar-refractivity contribution in [2.75, 3.05) is 0 Å². The molecule has 0 spiro atoms. The van der Waals surface area contributed by atoms with Gasteiger partial charge in [0.15, 0.2) is 0 Å². The number of rotatable bonds is 5. The first-order valence-electron chi connectivity index (χ1n) is 10.2. The number of benzene rings is 3. The van der Waals surface area contributed by atoms with Crippen molar-refractivity contribution in [3.05, 3.63) is 112 Å². The van der Waals surface area contributed by atoms with Crippen LogP contribution < -0.4 is 0 Å². The number of nitrogens with zero attached hydrogens (tertiary/aromatic N) is 2. The molecule has 2 heteroatoms. The molecule has 0 fully saturated rings. The zero-order valence-corrected chi connectivity index (χ0v) is 17.7. The van der Waals surface area contributed by atoms with Crippen LogP contribution in [0.5, 0.6) is 0 Å². The molecular weight excluding hydrogens is 352 g/mol. The maximum absolute atomic E-state index is 4.60. The Morgan fingerprint density at radius 1 is 0.759 bits per heavy atom. The predicted octanol–water partition coefficient (Wildman–Crippen LogP) is 6.42. The second-order valence-corrected chi connectivity index (χ2v) is 8.08. The van der Waals surface area contributed by atoms with Gasteiger partial charge in [-0.15, -0.1) is 0 Å². The zero-order valence-electron chi connectivity index (χ0n) is 17.7. The van der Waals surface area contributed by atoms with E-state index in [9.17, 15) is 0 Å². The lowest BCUT2D eigenvalue weighted by atomic mass is 9.98. The number of aryl methyl sites for hydroxylation is 4. The molecule has 146 valence electrons. The molecule has 0 saturated heterocycles. The van der Waals surface area contributed by atoms with Gasteiger partial charge in [-0.25, -0.2) is 4.98 Å². The SMILES string of the molecule is Cc1cccc(Cc2c(C)ncn2Cc2ccc(-c3cccc(C)c3)cc2C)c1. The van der Waals surface area contributed by atoms with Crippen LogP contribution in [0.1, 0.15) is 39.2 Å². The highest BCUT2D eigenvalue weighted by Crippen LogP contribution is 2.24. The zero-order chi connectivity index (χ0) is 20.4. The summed E-state index contributed by atoms with van der Waals surface area (Å²) in [6.07, 6.45) is 2.89. The molecule has 29 heavy (non-hydrogen) atoms. The summed E-state index contributed by atoms with van der Waals surface area (Å²) < 4.78 is 2.30. The first-order chi connectivity index (χ1) is 14.0. The molecule has 0 atom stereocenters. The van der Waals surface area contributed by atoms with Crippen LogP contribution in [0, 0.1) is 27.7 Å². The van der Waals surface area contributed by atoms with Crippen molar-refractivity contribution in [2.45, 2.75) is 40.7 Å². The largest absolute Gasteiger partial charge is 0.330 e. The third-order valence-electron chi connectivity index (χ3n) is 5.64. The molecule has 2 nitrogen and oxygen atoms in total. The highest BCUT2D eigenvalue weighted by Gasteiger charge is 2.11. The summed E-state index contributed by atoms with van der Waals surface area (Å²) in [5.74, 6) is 0. The molecule has 0 saturated carbocycles. The Morgan fingerprint density at radius 3 is 2.21 bits per heavy atom. The van der Waals surface area contributed by atoms with Crippen molar-refractivity contribution in [1.29, 1.82) is 0 Å². The van der Waals surface area contributed by atoms with E-state index in [2.05, 4.69) is 104 Å². The minimum atomic E-state index is 0.849. The average Bonchev–Trinajstić information content (AvgIpc) is 3.03. The number of imidazole rings is 1. The van der Waals surface area contributed by atoms with Gasteiger partial charge in [0.1, 0.15) is 0 Å². The fraction of sp³-hybridized carbons (Fsp3) is 0.222. The topological polar surface area (TPSA) is 17.8 Å². The quantitative estimate of drug-likeness (QED) is 0.390. The third kappa shape index (κ3) is 4.32. The van der Waals surface area contributed by atoms with E-state index in [4.69, 9.17) is 0 Å². The standard InChI is InChI=1S/C27H28N2/c1-19-7-5-9-23(13-19)16-27-22(4)28-18-29(27)17-26-12-11-25(15-21(26)3)24-10-6-8-20(2)14-24/h5-15,18H,16-17H2,1-4H3. The van der Waals surface area contributed by atoms with Crippen LogP contribution in [0.3, 0.4) is 0 Å². The van der Waals surface area contributed by atoms with Crippen LogP contribution in [-0.2, 0) is 13.0 Å². The third-order valence-corrected chi connectivity index (χ3v) is 5.64. The van der Waals surface area contributed by atoms with E-state index in [1.165, 1.54) is 44.6 Å². The lowest BCUT2D eigenvalue weighted by molar-refractivity contribution is 0.747. The van der Waals surface area contributed by atoms with Crippen LogP contribution in [-0.4, -0.2) is 9.55 Å². The molecule has 4 rings (SSSR count). The fourth-order valence-corrected chi connectivity index (χ4v) is 3.95. The number of hydrogen-bond acceptors (Lipinski definition) is 1. The predicted molar refractivity (Wildman–Crippen MR) is 121 cm³/mol. The summed E-state index contributed by atoms with van der Waals surface area (Å²) in [6, 6.07) is 24.2. The van der Waals surface area contributed by atoms with Crippen LogP contribution in [0.15, 0.2) is 73.1 Å². The van der Waals surface area contributed by atoms with Gasteiger partial charge in [-0.1, -0.05) is 77.9 Å². The highest BCUT2D eigenvalue weighted by atomic mass is 15.1. The van der Waals surface area contributed by atoms with Crippen molar-refractivity contribution in [2.24, 2.45) is 0 Å². The van der Waals surface area contributed by atoms with E-state index < -0.39 is 0 Å². The van der Waals surface area contributed by atoms with Gasteiger partial charge in [-0.3, -0.25) is 0 Å². The summed E-state index contributed by atoms with van der Waals surface area (Å²) in [4.78, 5) is 4.60. The van der Waals surface area contributed by atoms with Crippen LogP contribution in [0.4, 0.5) is 0 Å². The van der Waals surface area contributed by atoms with E-state index in [1.807, 2.05) is 6.33 Å². The Balaban J connectivity index is 1.60. The summed E-state index contributed by atoms with van der Waals surface area (Å²) in [7, 11) is 0. The van der Waals surface area contributed by atoms with E-state index in [-0.39, 0.29) is 0 Å². The van der Waals surface area contributed by atoms with Gasteiger partial charge in [0.05, 0.1) is 12.0 Å². The number of aromatic nitrogens is 2. The minimum absolute atomic E-state index is 0.849. The normalized spacial score (nSPS) is 11.0. The summed E-state index contributed by atoms with van der Waals surface area (Å²) >= 11 is 0. The summed E-state index contributed by atoms with van der Waals surface area (Å²) in [6.45, 7) is 9.45. The molecular formula is C27H28N2. The van der Waals surface area contributed by atoms with Crippen molar-refractivity contribution >= 4 is 0 Å². The molecule has 0 N–H and O–H groups in total. The molecule has 4 aromatic rings. The number of hydrogen-bond donors (Lipinski definition) is 0. The van der Waals surface area contributed by atoms with Crippen LogP contribution in [0.2, 0.25) is 0 Å². The molecule has 0 radical (unpaired) electrons. The minimum Gasteiger partial charge on any atom is -0.330 e. The van der Waals surface area contributed by atoms with E-state index >= 15 is 0 Å². The van der Waals surface area contributed by atoms with Gasteiger partial charge in [-0.2, -0.15) is 0 Å². The van der Waals surface area contributed by atoms with Crippen molar-refractivity contribution in [3.63, 3.8) is 0 Å². The van der Waals surface area contributed by atoms with E-state index in [0.717, 1.165) is 18.7 Å². The van der Waals surface area contributed by atoms with E-state index in [0.29, 0.717) is 0 Å². The van der Waals surface area contributed by atoms with Gasteiger partial charge in [0.2, 0.25) is 0 Å². The Bertz CT molecular complexity index is 1150. The Morgan fingerprint density at radius 2 is 1.48 bits per heavy atom. The molecule has 1 aromatic heterocycles. The van der Waals surface area contributed by atoms with Crippen molar-refractivity contribution in [1.82, 2.24) is 9.55 Å². The molecule has 0 bridgehead atoms. The maximum atomic E-state index is 4.60. The van der Waals surface area contributed by atoms with Gasteiger partial charge >= 0.3 is 0 Å². The molecule has 0 aliphatic carbocycles. The van der Waals surface area contributed by atoms with Gasteiger partial charge in [0, 0.05) is 18.7 Å². The van der Waals surface area contributed by atoms with Crippen LogP contribution >= 0.6 is 0 Å². The Hall–Kier alpha value is -3.13. The lowest BCUT2D eigenvalue weighted by Gasteiger charge is -2.13. The maximum Gasteiger partial charge on any atom is 0.0954 e. The fourth-order valence-electron chi connectivity index (χ4n) is 3.95. The van der Waals surface area contributed by atoms with Crippen molar-refractivity contribution < 1.29 is 0 Å². The molecule has 0 aliphatic rings. The first-order valence-corrected chi connectivity index (χ1v) is 10.2. The molecule has 0 aliphatic heterocycles. The smallest absolute Gasteiger partial charge is 0.0954 e.